The number of hydrogen-bond acceptors (Lipinski definition) is 5. The molecule has 0 fully saturated rings. The van der Waals surface area contributed by atoms with E-state index in [0.717, 1.165) is 10.9 Å². The molecule has 0 aliphatic rings. The Hall–Kier alpha value is -2.36. The zero-order valence-electron chi connectivity index (χ0n) is 11.0. The SMILES string of the molecule is Cc1n[nH]c(C)c1S(=O)(=O)Nc1cnn(C)c1C(=O)O. The number of H-pyrrole nitrogens is 1. The molecule has 0 amide bonds. The molecular weight excluding hydrogens is 286 g/mol. The minimum Gasteiger partial charge on any atom is -0.476 e. The Morgan fingerprint density at radius 2 is 2.10 bits per heavy atom. The van der Waals surface area contributed by atoms with Crippen LogP contribution in [0.25, 0.3) is 0 Å². The third-order valence-electron chi connectivity index (χ3n) is 2.71. The lowest BCUT2D eigenvalue weighted by atomic mass is 10.4. The Kier molecular flexibility index (Phi) is 3.26. The first kappa shape index (κ1) is 14.1. The fourth-order valence-corrected chi connectivity index (χ4v) is 3.32. The van der Waals surface area contributed by atoms with Crippen molar-refractivity contribution in [1.82, 2.24) is 20.0 Å². The molecule has 2 rings (SSSR count). The number of anilines is 1. The van der Waals surface area contributed by atoms with Crippen molar-refractivity contribution < 1.29 is 18.3 Å². The van der Waals surface area contributed by atoms with Crippen molar-refractivity contribution in [1.29, 1.82) is 0 Å². The van der Waals surface area contributed by atoms with E-state index < -0.39 is 16.0 Å². The number of carbonyl (C=O) groups is 1. The fraction of sp³-hybridized carbons (Fsp3) is 0.300. The molecule has 0 bridgehead atoms. The summed E-state index contributed by atoms with van der Waals surface area (Å²) in [7, 11) is -2.52. The van der Waals surface area contributed by atoms with Gasteiger partial charge in [-0.3, -0.25) is 14.5 Å². The largest absolute Gasteiger partial charge is 0.476 e. The second kappa shape index (κ2) is 4.63. The highest BCUT2D eigenvalue weighted by molar-refractivity contribution is 7.92. The number of nitrogens with zero attached hydrogens (tertiary/aromatic N) is 3. The Balaban J connectivity index is 2.47. The summed E-state index contributed by atoms with van der Waals surface area (Å²) < 4.78 is 27.9. The summed E-state index contributed by atoms with van der Waals surface area (Å²) in [5.74, 6) is -1.27. The van der Waals surface area contributed by atoms with Gasteiger partial charge in [-0.05, 0) is 13.8 Å². The van der Waals surface area contributed by atoms with Gasteiger partial charge < -0.3 is 5.11 Å². The van der Waals surface area contributed by atoms with Crippen molar-refractivity contribution in [3.05, 3.63) is 23.3 Å². The molecule has 108 valence electrons. The van der Waals surface area contributed by atoms with Crippen LogP contribution < -0.4 is 4.72 Å². The van der Waals surface area contributed by atoms with Gasteiger partial charge in [0, 0.05) is 7.05 Å². The first-order valence-corrected chi connectivity index (χ1v) is 7.02. The maximum atomic E-state index is 12.3. The summed E-state index contributed by atoms with van der Waals surface area (Å²) in [5, 5.41) is 19.2. The summed E-state index contributed by atoms with van der Waals surface area (Å²) in [6, 6.07) is 0. The van der Waals surface area contributed by atoms with Crippen molar-refractivity contribution in [3.63, 3.8) is 0 Å². The van der Waals surface area contributed by atoms with E-state index >= 15 is 0 Å². The lowest BCUT2D eigenvalue weighted by Gasteiger charge is -2.07. The van der Waals surface area contributed by atoms with Crippen LogP contribution in [0.2, 0.25) is 0 Å². The molecule has 0 aliphatic heterocycles. The van der Waals surface area contributed by atoms with Gasteiger partial charge in [-0.1, -0.05) is 0 Å². The van der Waals surface area contributed by atoms with E-state index in [4.69, 9.17) is 5.11 Å². The molecule has 0 atom stereocenters. The van der Waals surface area contributed by atoms with Gasteiger partial charge >= 0.3 is 5.97 Å². The van der Waals surface area contributed by atoms with Gasteiger partial charge in [0.15, 0.2) is 5.69 Å². The van der Waals surface area contributed by atoms with Crippen LogP contribution in [-0.2, 0) is 17.1 Å². The number of aryl methyl sites for hydroxylation is 3. The van der Waals surface area contributed by atoms with Crippen LogP contribution >= 0.6 is 0 Å². The number of aromatic carboxylic acids is 1. The van der Waals surface area contributed by atoms with Crippen LogP contribution in [0.15, 0.2) is 11.1 Å². The van der Waals surface area contributed by atoms with Gasteiger partial charge in [-0.15, -0.1) is 0 Å². The number of carboxylic acids is 1. The molecule has 0 radical (unpaired) electrons. The second-order valence-corrected chi connectivity index (χ2v) is 5.82. The Morgan fingerprint density at radius 1 is 1.45 bits per heavy atom. The van der Waals surface area contributed by atoms with Gasteiger partial charge in [0.25, 0.3) is 10.0 Å². The molecule has 0 spiro atoms. The van der Waals surface area contributed by atoms with Gasteiger partial charge in [0.2, 0.25) is 0 Å². The normalized spacial score (nSPS) is 11.6. The quantitative estimate of drug-likeness (QED) is 0.742. The number of aromatic nitrogens is 4. The third kappa shape index (κ3) is 2.25. The number of nitrogens with one attached hydrogen (secondary N) is 2. The molecule has 9 nitrogen and oxygen atoms in total. The van der Waals surface area contributed by atoms with E-state index in [0.29, 0.717) is 11.4 Å². The maximum absolute atomic E-state index is 12.3. The maximum Gasteiger partial charge on any atom is 0.356 e. The van der Waals surface area contributed by atoms with Gasteiger partial charge in [-0.25, -0.2) is 13.2 Å². The Morgan fingerprint density at radius 3 is 2.60 bits per heavy atom. The number of rotatable bonds is 4. The average Bonchev–Trinajstić information content (AvgIpc) is 2.82. The number of hydrogen-bond donors (Lipinski definition) is 3. The molecule has 0 saturated heterocycles. The molecule has 10 heteroatoms. The van der Waals surface area contributed by atoms with E-state index in [-0.39, 0.29) is 16.3 Å². The third-order valence-corrected chi connectivity index (χ3v) is 4.34. The monoisotopic (exact) mass is 299 g/mol. The zero-order chi connectivity index (χ0) is 15.1. The smallest absolute Gasteiger partial charge is 0.356 e. The molecule has 3 N–H and O–H groups in total. The lowest BCUT2D eigenvalue weighted by Crippen LogP contribution is -2.17. The lowest BCUT2D eigenvalue weighted by molar-refractivity contribution is 0.0686. The predicted molar refractivity (Wildman–Crippen MR) is 69.0 cm³/mol. The van der Waals surface area contributed by atoms with Crippen molar-refractivity contribution in [2.45, 2.75) is 18.7 Å². The molecule has 2 aromatic rings. The van der Waals surface area contributed by atoms with Crippen molar-refractivity contribution in [3.8, 4) is 0 Å². The Bertz CT molecular complexity index is 754. The molecule has 2 aromatic heterocycles. The molecule has 0 aromatic carbocycles. The highest BCUT2D eigenvalue weighted by Crippen LogP contribution is 2.22. The van der Waals surface area contributed by atoms with Crippen LogP contribution in [0.1, 0.15) is 21.9 Å². The van der Waals surface area contributed by atoms with E-state index in [2.05, 4.69) is 20.0 Å². The average molecular weight is 299 g/mol. The first-order chi connectivity index (χ1) is 9.24. The summed E-state index contributed by atoms with van der Waals surface area (Å²) in [4.78, 5) is 11.1. The van der Waals surface area contributed by atoms with E-state index in [9.17, 15) is 13.2 Å². The molecule has 0 saturated carbocycles. The number of aromatic amines is 1. The fourth-order valence-electron chi connectivity index (χ4n) is 1.90. The molecule has 0 aliphatic carbocycles. The minimum absolute atomic E-state index is 0.00214. The first-order valence-electron chi connectivity index (χ1n) is 5.53. The van der Waals surface area contributed by atoms with Crippen LogP contribution in [0.4, 0.5) is 5.69 Å². The van der Waals surface area contributed by atoms with E-state index in [1.165, 1.54) is 7.05 Å². The second-order valence-electron chi connectivity index (χ2n) is 4.20. The number of carboxylic acid groups (broad SMARTS) is 1. The van der Waals surface area contributed by atoms with Crippen LogP contribution in [0.3, 0.4) is 0 Å². The van der Waals surface area contributed by atoms with E-state index in [1.54, 1.807) is 13.8 Å². The summed E-state index contributed by atoms with van der Waals surface area (Å²) in [5.41, 5.74) is 0.332. The van der Waals surface area contributed by atoms with Crippen LogP contribution in [0, 0.1) is 13.8 Å². The van der Waals surface area contributed by atoms with Crippen molar-refractivity contribution in [2.75, 3.05) is 4.72 Å². The summed E-state index contributed by atoms with van der Waals surface area (Å²) in [6.45, 7) is 3.11. The Labute approximate surface area is 114 Å². The van der Waals surface area contributed by atoms with Crippen LogP contribution in [-0.4, -0.2) is 39.5 Å². The predicted octanol–water partition coefficient (Wildman–Crippen LogP) is 0.259. The topological polar surface area (TPSA) is 130 Å². The minimum atomic E-state index is -3.93. The molecule has 2 heterocycles. The van der Waals surface area contributed by atoms with Crippen molar-refractivity contribution >= 4 is 21.7 Å². The van der Waals surface area contributed by atoms with Crippen molar-refractivity contribution in [2.24, 2.45) is 7.05 Å². The van der Waals surface area contributed by atoms with Gasteiger partial charge in [0.1, 0.15) is 10.6 Å². The standard InChI is InChI=1S/C10H13N5O4S/c1-5-9(6(2)13-12-5)20(18,19)14-7-4-11-15(3)8(7)10(16)17/h4,14H,1-3H3,(H,12,13)(H,16,17). The zero-order valence-corrected chi connectivity index (χ0v) is 11.8. The highest BCUT2D eigenvalue weighted by atomic mass is 32.2. The van der Waals surface area contributed by atoms with Crippen LogP contribution in [0.5, 0.6) is 0 Å². The summed E-state index contributed by atoms with van der Waals surface area (Å²) >= 11 is 0. The van der Waals surface area contributed by atoms with Gasteiger partial charge in [0.05, 0.1) is 17.6 Å². The van der Waals surface area contributed by atoms with Gasteiger partial charge in [-0.2, -0.15) is 10.2 Å². The number of sulfonamides is 1. The molecule has 20 heavy (non-hydrogen) atoms. The summed E-state index contributed by atoms with van der Waals surface area (Å²) in [6.07, 6.45) is 1.14. The van der Waals surface area contributed by atoms with E-state index in [1.807, 2.05) is 0 Å². The molecule has 0 unspecified atom stereocenters. The molecular formula is C10H13N5O4S. The highest BCUT2D eigenvalue weighted by Gasteiger charge is 2.26.